The lowest BCUT2D eigenvalue weighted by Gasteiger charge is -2.40. The molecular formula is C28H30ClF4N7O3. The van der Waals surface area contributed by atoms with Gasteiger partial charge in [-0.1, -0.05) is 11.6 Å². The van der Waals surface area contributed by atoms with Crippen LogP contribution in [0, 0.1) is 12.7 Å². The first-order chi connectivity index (χ1) is 20.2. The van der Waals surface area contributed by atoms with Crippen molar-refractivity contribution >= 4 is 46.0 Å². The van der Waals surface area contributed by atoms with Crippen molar-refractivity contribution < 1.29 is 31.9 Å². The van der Waals surface area contributed by atoms with E-state index in [4.69, 9.17) is 22.1 Å². The molecule has 15 heteroatoms. The molecule has 2 aromatic heterocycles. The number of ether oxygens (including phenoxy) is 1. The number of nitrogens with two attached hydrogens (primary N) is 1. The van der Waals surface area contributed by atoms with Gasteiger partial charge in [-0.25, -0.2) is 9.37 Å². The molecule has 0 radical (unpaired) electrons. The zero-order chi connectivity index (χ0) is 31.4. The molecule has 10 nitrogen and oxygen atoms in total. The Balaban J connectivity index is 1.68. The van der Waals surface area contributed by atoms with Crippen molar-refractivity contribution in [3.63, 3.8) is 0 Å². The average Bonchev–Trinajstić information content (AvgIpc) is 3.23. The zero-order valence-electron chi connectivity index (χ0n) is 23.9. The van der Waals surface area contributed by atoms with E-state index in [0.717, 1.165) is 6.07 Å². The number of likely N-dealkylation sites (N-methyl/N-ethyl adjacent to an activating group) is 1. The van der Waals surface area contributed by atoms with Crippen molar-refractivity contribution in [2.45, 2.75) is 51.9 Å². The van der Waals surface area contributed by atoms with Gasteiger partial charge in [-0.3, -0.25) is 9.59 Å². The Kier molecular flexibility index (Phi) is 8.01. The van der Waals surface area contributed by atoms with E-state index in [1.165, 1.54) is 19.9 Å². The monoisotopic (exact) mass is 623 g/mol. The molecule has 2 atom stereocenters. The molecule has 5 rings (SSSR count). The molecule has 2 aliphatic rings. The minimum absolute atomic E-state index is 0.0249. The summed E-state index contributed by atoms with van der Waals surface area (Å²) in [5.41, 5.74) is 2.67. The van der Waals surface area contributed by atoms with E-state index in [9.17, 15) is 22.8 Å². The third kappa shape index (κ3) is 5.71. The van der Waals surface area contributed by atoms with Gasteiger partial charge in [0.1, 0.15) is 23.8 Å². The number of piperazine rings is 1. The molecule has 2 aliphatic heterocycles. The van der Waals surface area contributed by atoms with Gasteiger partial charge in [0, 0.05) is 51.5 Å². The number of fused-ring (bicyclic) bond motifs is 1. The molecule has 2 amide bonds. The zero-order valence-corrected chi connectivity index (χ0v) is 24.7. The number of carbonyl (C=O) groups is 2. The summed E-state index contributed by atoms with van der Waals surface area (Å²) in [5, 5.41) is -0.197. The molecule has 0 bridgehead atoms. The number of carbonyl (C=O) groups excluding carboxylic acids is 2. The van der Waals surface area contributed by atoms with E-state index < -0.39 is 28.8 Å². The number of pyridine rings is 1. The number of aryl methyl sites for hydroxylation is 1. The van der Waals surface area contributed by atoms with E-state index in [0.29, 0.717) is 32.5 Å². The van der Waals surface area contributed by atoms with Crippen LogP contribution in [0.5, 0.6) is 6.01 Å². The van der Waals surface area contributed by atoms with Crippen molar-refractivity contribution in [3.8, 4) is 17.3 Å². The van der Waals surface area contributed by atoms with Crippen LogP contribution in [0.3, 0.4) is 0 Å². The largest absolute Gasteiger partial charge is 0.461 e. The number of anilines is 2. The molecule has 230 valence electrons. The Labute approximate surface area is 249 Å². The van der Waals surface area contributed by atoms with Gasteiger partial charge in [0.25, 0.3) is 0 Å². The predicted molar refractivity (Wildman–Crippen MR) is 152 cm³/mol. The number of nitrogens with zero attached hydrogens (tertiary/aromatic N) is 6. The summed E-state index contributed by atoms with van der Waals surface area (Å²) in [6, 6.07) is 1.61. The number of nitrogen functional groups attached to an aromatic ring is 1. The first kappa shape index (κ1) is 30.5. The van der Waals surface area contributed by atoms with Gasteiger partial charge < -0.3 is 25.2 Å². The number of alkyl halides is 3. The highest BCUT2D eigenvalue weighted by atomic mass is 35.5. The lowest BCUT2D eigenvalue weighted by atomic mass is 9.99. The van der Waals surface area contributed by atoms with Gasteiger partial charge in [-0.05, 0) is 38.0 Å². The molecule has 4 heterocycles. The van der Waals surface area contributed by atoms with Gasteiger partial charge in [0.15, 0.2) is 5.82 Å². The van der Waals surface area contributed by atoms with Crippen molar-refractivity contribution in [1.82, 2.24) is 24.8 Å². The van der Waals surface area contributed by atoms with E-state index in [-0.39, 0.29) is 69.6 Å². The smallest absolute Gasteiger partial charge is 0.418 e. The summed E-state index contributed by atoms with van der Waals surface area (Å²) in [6.45, 7) is 5.63. The van der Waals surface area contributed by atoms with Gasteiger partial charge in [-0.2, -0.15) is 23.1 Å². The van der Waals surface area contributed by atoms with Crippen LogP contribution in [-0.2, 0) is 15.8 Å². The van der Waals surface area contributed by atoms with Crippen LogP contribution in [0.25, 0.3) is 22.2 Å². The molecule has 2 fully saturated rings. The molecular weight excluding hydrogens is 594 g/mol. The second kappa shape index (κ2) is 11.3. The number of hydrogen-bond acceptors (Lipinski definition) is 8. The van der Waals surface area contributed by atoms with Crippen molar-refractivity contribution in [2.24, 2.45) is 0 Å². The molecule has 0 aliphatic carbocycles. The summed E-state index contributed by atoms with van der Waals surface area (Å²) in [5.74, 6) is -1.28. The maximum atomic E-state index is 16.5. The van der Waals surface area contributed by atoms with E-state index >= 15 is 4.39 Å². The summed E-state index contributed by atoms with van der Waals surface area (Å²) in [6.07, 6.45) is -3.97. The van der Waals surface area contributed by atoms with Gasteiger partial charge in [0.05, 0.1) is 27.9 Å². The van der Waals surface area contributed by atoms with Crippen LogP contribution < -0.4 is 15.4 Å². The Morgan fingerprint density at radius 3 is 2.53 bits per heavy atom. The number of aromatic nitrogens is 3. The molecule has 2 saturated heterocycles. The maximum absolute atomic E-state index is 16.5. The third-order valence-electron chi connectivity index (χ3n) is 7.98. The Hall–Kier alpha value is -3.94. The second-order valence-electron chi connectivity index (χ2n) is 10.9. The molecule has 2 N–H and O–H groups in total. The lowest BCUT2D eigenvalue weighted by Crippen LogP contribution is -2.53. The first-order valence-electron chi connectivity index (χ1n) is 13.6. The predicted octanol–water partition coefficient (Wildman–Crippen LogP) is 4.45. The topological polar surface area (TPSA) is 118 Å². The number of amides is 2. The fraction of sp³-hybridized carbons (Fsp3) is 0.464. The van der Waals surface area contributed by atoms with Gasteiger partial charge in [0.2, 0.25) is 11.8 Å². The van der Waals surface area contributed by atoms with Gasteiger partial charge in [-0.15, -0.1) is 0 Å². The number of halogens is 5. The Morgan fingerprint density at radius 2 is 1.93 bits per heavy atom. The van der Waals surface area contributed by atoms with Gasteiger partial charge >= 0.3 is 12.2 Å². The van der Waals surface area contributed by atoms with Crippen LogP contribution >= 0.6 is 11.6 Å². The number of hydrogen-bond donors (Lipinski definition) is 1. The summed E-state index contributed by atoms with van der Waals surface area (Å²) >= 11 is 6.51. The SMILES string of the molecule is CC(=O)N1CCN(c2nc(OCC3CCC(=O)N3C)nc3c(F)c(-c4nc(N)cc(C)c4C(F)(F)F)c(Cl)cc23)C(C)C1. The average molecular weight is 624 g/mol. The molecule has 1 aromatic carbocycles. The number of benzene rings is 1. The highest BCUT2D eigenvalue weighted by Crippen LogP contribution is 2.44. The van der Waals surface area contributed by atoms with Crippen molar-refractivity contribution in [2.75, 3.05) is 43.9 Å². The third-order valence-corrected chi connectivity index (χ3v) is 8.28. The van der Waals surface area contributed by atoms with Crippen LogP contribution in [0.1, 0.15) is 37.8 Å². The standard InChI is InChI=1S/C28H30ClF4N7O3/c1-13-9-19(34)35-25(22(13)28(31,32)33)21-18(29)10-17-24(23(21)30)36-27(43-12-16-5-6-20(42)38(16)4)37-26(17)40-8-7-39(15(3)41)11-14(40)2/h9-10,14,16H,5-8,11-12H2,1-4H3,(H2,34,35). The summed E-state index contributed by atoms with van der Waals surface area (Å²) < 4.78 is 64.8. The molecule has 0 spiro atoms. The first-order valence-corrected chi connectivity index (χ1v) is 14.0. The van der Waals surface area contributed by atoms with Crippen LogP contribution in [-0.4, -0.2) is 81.9 Å². The lowest BCUT2D eigenvalue weighted by molar-refractivity contribution is -0.137. The fourth-order valence-electron chi connectivity index (χ4n) is 5.69. The van der Waals surface area contributed by atoms with Crippen molar-refractivity contribution in [1.29, 1.82) is 0 Å². The second-order valence-corrected chi connectivity index (χ2v) is 11.3. The van der Waals surface area contributed by atoms with Crippen LogP contribution in [0.4, 0.5) is 29.2 Å². The quantitative estimate of drug-likeness (QED) is 0.414. The molecule has 3 aromatic rings. The molecule has 2 unspecified atom stereocenters. The molecule has 43 heavy (non-hydrogen) atoms. The summed E-state index contributed by atoms with van der Waals surface area (Å²) in [7, 11) is 1.65. The van der Waals surface area contributed by atoms with E-state index in [1.54, 1.807) is 16.8 Å². The van der Waals surface area contributed by atoms with Crippen LogP contribution in [0.2, 0.25) is 5.02 Å². The Bertz CT molecular complexity index is 1620. The minimum atomic E-state index is -4.88. The minimum Gasteiger partial charge on any atom is -0.461 e. The van der Waals surface area contributed by atoms with E-state index in [2.05, 4.69) is 15.0 Å². The van der Waals surface area contributed by atoms with Crippen LogP contribution in [0.15, 0.2) is 12.1 Å². The highest BCUT2D eigenvalue weighted by molar-refractivity contribution is 6.34. The van der Waals surface area contributed by atoms with E-state index in [1.807, 2.05) is 11.8 Å². The Morgan fingerprint density at radius 1 is 1.21 bits per heavy atom. The normalized spacial score (nSPS) is 19.5. The summed E-state index contributed by atoms with van der Waals surface area (Å²) in [4.78, 5) is 41.7. The molecule has 0 saturated carbocycles. The highest BCUT2D eigenvalue weighted by Gasteiger charge is 2.39. The number of likely N-dealkylation sites (tertiary alicyclic amines) is 1. The fourth-order valence-corrected chi connectivity index (χ4v) is 5.97. The van der Waals surface area contributed by atoms with Crippen molar-refractivity contribution in [3.05, 3.63) is 34.1 Å². The maximum Gasteiger partial charge on any atom is 0.418 e. The number of rotatable bonds is 5.